The molecule has 3 heterocycles. The predicted octanol–water partition coefficient (Wildman–Crippen LogP) is 2.08. The van der Waals surface area contributed by atoms with E-state index in [2.05, 4.69) is 16.7 Å². The summed E-state index contributed by atoms with van der Waals surface area (Å²) in [7, 11) is 0. The van der Waals surface area contributed by atoms with E-state index in [1.165, 1.54) is 56.6 Å². The van der Waals surface area contributed by atoms with Gasteiger partial charge in [0, 0.05) is 24.7 Å². The Morgan fingerprint density at radius 2 is 1.62 bits per heavy atom. The molecule has 3 aliphatic rings. The van der Waals surface area contributed by atoms with E-state index < -0.39 is 0 Å². The summed E-state index contributed by atoms with van der Waals surface area (Å²) >= 11 is 2.14. The van der Waals surface area contributed by atoms with Gasteiger partial charge in [0.25, 0.3) is 0 Å². The Hall–Kier alpha value is 0.270. The van der Waals surface area contributed by atoms with Crippen molar-refractivity contribution in [1.29, 1.82) is 0 Å². The van der Waals surface area contributed by atoms with E-state index in [1.54, 1.807) is 0 Å². The number of fused-ring (bicyclic) bond motifs is 2. The number of hydrogen-bond acceptors (Lipinski definition) is 3. The van der Waals surface area contributed by atoms with Gasteiger partial charge in [-0.1, -0.05) is 0 Å². The molecule has 0 amide bonds. The van der Waals surface area contributed by atoms with Crippen molar-refractivity contribution < 1.29 is 0 Å². The summed E-state index contributed by atoms with van der Waals surface area (Å²) in [6.07, 6.45) is 8.26. The largest absolute Gasteiger partial charge is 0.328 e. The topological polar surface area (TPSA) is 29.3 Å². The quantitative estimate of drug-likeness (QED) is 0.801. The molecule has 2 atom stereocenters. The van der Waals surface area contributed by atoms with Crippen LogP contribution in [-0.2, 0) is 0 Å². The number of nitrogens with zero attached hydrogens (tertiary/aromatic N) is 1. The van der Waals surface area contributed by atoms with Gasteiger partial charge in [0.05, 0.1) is 0 Å². The van der Waals surface area contributed by atoms with E-state index in [1.807, 2.05) is 0 Å². The third-order valence-corrected chi connectivity index (χ3v) is 5.78. The zero-order valence-corrected chi connectivity index (χ0v) is 10.9. The first-order chi connectivity index (χ1) is 7.83. The van der Waals surface area contributed by atoms with E-state index in [4.69, 9.17) is 5.73 Å². The molecule has 3 rings (SSSR count). The van der Waals surface area contributed by atoms with E-state index in [0.29, 0.717) is 6.04 Å². The molecule has 92 valence electrons. The third kappa shape index (κ3) is 2.27. The lowest BCUT2D eigenvalue weighted by molar-refractivity contribution is 0.104. The minimum atomic E-state index is 0.496. The molecule has 0 saturated carbocycles. The molecule has 16 heavy (non-hydrogen) atoms. The minimum absolute atomic E-state index is 0.496. The standard InChI is InChI=1S/C13H24N2S/c14-11-7-12-1-2-13(8-11)15(12)9-10-3-5-16-6-4-10/h10-13H,1-9,14H2. The van der Waals surface area contributed by atoms with Crippen molar-refractivity contribution in [1.82, 2.24) is 4.90 Å². The van der Waals surface area contributed by atoms with Gasteiger partial charge in [-0.05, 0) is 55.9 Å². The smallest absolute Gasteiger partial charge is 0.0114 e. The third-order valence-electron chi connectivity index (χ3n) is 4.73. The molecule has 0 aromatic heterocycles. The van der Waals surface area contributed by atoms with Crippen LogP contribution in [0.15, 0.2) is 0 Å². The second-order valence-electron chi connectivity index (χ2n) is 5.87. The van der Waals surface area contributed by atoms with Crippen LogP contribution in [0.4, 0.5) is 0 Å². The predicted molar refractivity (Wildman–Crippen MR) is 70.8 cm³/mol. The summed E-state index contributed by atoms with van der Waals surface area (Å²) < 4.78 is 0. The van der Waals surface area contributed by atoms with Crippen molar-refractivity contribution in [2.24, 2.45) is 11.7 Å². The van der Waals surface area contributed by atoms with Crippen LogP contribution in [0.2, 0.25) is 0 Å². The highest BCUT2D eigenvalue weighted by atomic mass is 32.2. The number of rotatable bonds is 2. The number of piperidine rings is 1. The van der Waals surface area contributed by atoms with E-state index >= 15 is 0 Å². The van der Waals surface area contributed by atoms with Crippen LogP contribution in [0.25, 0.3) is 0 Å². The molecule has 3 heteroatoms. The Labute approximate surface area is 103 Å². The number of hydrogen-bond donors (Lipinski definition) is 1. The normalized spacial score (nSPS) is 41.4. The van der Waals surface area contributed by atoms with Gasteiger partial charge >= 0.3 is 0 Å². The summed E-state index contributed by atoms with van der Waals surface area (Å²) in [5.41, 5.74) is 6.12. The second-order valence-corrected chi connectivity index (χ2v) is 7.09. The lowest BCUT2D eigenvalue weighted by atomic mass is 9.94. The monoisotopic (exact) mass is 240 g/mol. The van der Waals surface area contributed by atoms with Crippen LogP contribution in [0.5, 0.6) is 0 Å². The van der Waals surface area contributed by atoms with Crippen molar-refractivity contribution in [3.63, 3.8) is 0 Å². The maximum Gasteiger partial charge on any atom is 0.0114 e. The fourth-order valence-electron chi connectivity index (χ4n) is 3.84. The first-order valence-corrected chi connectivity index (χ1v) is 8.07. The molecule has 3 aliphatic heterocycles. The molecule has 3 saturated heterocycles. The van der Waals surface area contributed by atoms with Crippen LogP contribution in [0.3, 0.4) is 0 Å². The first kappa shape index (κ1) is 11.4. The van der Waals surface area contributed by atoms with Crippen LogP contribution in [0.1, 0.15) is 38.5 Å². The highest BCUT2D eigenvalue weighted by Gasteiger charge is 2.40. The lowest BCUT2D eigenvalue weighted by Gasteiger charge is -2.40. The van der Waals surface area contributed by atoms with Crippen molar-refractivity contribution in [3.05, 3.63) is 0 Å². The number of thioether (sulfide) groups is 1. The van der Waals surface area contributed by atoms with Crippen molar-refractivity contribution in [3.8, 4) is 0 Å². The molecule has 2 N–H and O–H groups in total. The van der Waals surface area contributed by atoms with Crippen LogP contribution in [0, 0.1) is 5.92 Å². The van der Waals surface area contributed by atoms with Gasteiger partial charge in [0.1, 0.15) is 0 Å². The fraction of sp³-hybridized carbons (Fsp3) is 1.00. The molecule has 0 aliphatic carbocycles. The van der Waals surface area contributed by atoms with Gasteiger partial charge in [-0.3, -0.25) is 4.90 Å². The molecular weight excluding hydrogens is 216 g/mol. The molecule has 0 aromatic rings. The molecule has 0 aromatic carbocycles. The Kier molecular flexibility index (Phi) is 3.46. The number of nitrogens with two attached hydrogens (primary N) is 1. The van der Waals surface area contributed by atoms with Gasteiger partial charge in [0.15, 0.2) is 0 Å². The summed E-state index contributed by atoms with van der Waals surface area (Å²) in [5, 5.41) is 0. The summed E-state index contributed by atoms with van der Waals surface area (Å²) in [6, 6.07) is 2.17. The maximum absolute atomic E-state index is 6.12. The van der Waals surface area contributed by atoms with E-state index in [-0.39, 0.29) is 0 Å². The zero-order valence-electron chi connectivity index (χ0n) is 10.1. The lowest BCUT2D eigenvalue weighted by Crippen LogP contribution is -2.49. The van der Waals surface area contributed by atoms with Gasteiger partial charge in [-0.25, -0.2) is 0 Å². The highest BCUT2D eigenvalue weighted by molar-refractivity contribution is 7.99. The summed E-state index contributed by atoms with van der Waals surface area (Å²) in [4.78, 5) is 2.82. The molecule has 2 bridgehead atoms. The van der Waals surface area contributed by atoms with Gasteiger partial charge < -0.3 is 5.73 Å². The van der Waals surface area contributed by atoms with Crippen LogP contribution < -0.4 is 5.73 Å². The first-order valence-electron chi connectivity index (χ1n) is 6.92. The van der Waals surface area contributed by atoms with Gasteiger partial charge in [-0.2, -0.15) is 11.8 Å². The Morgan fingerprint density at radius 3 is 2.25 bits per heavy atom. The highest BCUT2D eigenvalue weighted by Crippen LogP contribution is 2.37. The van der Waals surface area contributed by atoms with E-state index in [9.17, 15) is 0 Å². The molecule has 2 unspecified atom stereocenters. The summed E-state index contributed by atoms with van der Waals surface area (Å²) in [5.74, 6) is 3.78. The fourth-order valence-corrected chi connectivity index (χ4v) is 5.05. The average Bonchev–Trinajstić information content (AvgIpc) is 2.54. The molecule has 3 fully saturated rings. The zero-order chi connectivity index (χ0) is 11.0. The molecular formula is C13H24N2S. The minimum Gasteiger partial charge on any atom is -0.328 e. The van der Waals surface area contributed by atoms with Crippen molar-refractivity contribution in [2.75, 3.05) is 18.1 Å². The SMILES string of the molecule is NC1CC2CCC(C1)N2CC1CCSCC1. The van der Waals surface area contributed by atoms with Crippen LogP contribution in [-0.4, -0.2) is 41.1 Å². The van der Waals surface area contributed by atoms with E-state index in [0.717, 1.165) is 18.0 Å². The Morgan fingerprint density at radius 1 is 1.00 bits per heavy atom. The molecule has 2 nitrogen and oxygen atoms in total. The molecule has 0 spiro atoms. The Balaban J connectivity index is 1.58. The second kappa shape index (κ2) is 4.87. The maximum atomic E-state index is 6.12. The average molecular weight is 240 g/mol. The van der Waals surface area contributed by atoms with Gasteiger partial charge in [-0.15, -0.1) is 0 Å². The summed E-state index contributed by atoms with van der Waals surface area (Å²) in [6.45, 7) is 1.38. The Bertz CT molecular complexity index is 226. The molecule has 0 radical (unpaired) electrons. The van der Waals surface area contributed by atoms with Gasteiger partial charge in [0.2, 0.25) is 0 Å². The van der Waals surface area contributed by atoms with Crippen LogP contribution >= 0.6 is 11.8 Å². The van der Waals surface area contributed by atoms with Crippen molar-refractivity contribution >= 4 is 11.8 Å². The van der Waals surface area contributed by atoms with Crippen molar-refractivity contribution in [2.45, 2.75) is 56.7 Å².